The van der Waals surface area contributed by atoms with Gasteiger partial charge in [0.1, 0.15) is 17.9 Å². The number of carbonyl (C=O) groups is 1. The summed E-state index contributed by atoms with van der Waals surface area (Å²) in [6, 6.07) is 14.1. The molecule has 0 bridgehead atoms. The van der Waals surface area contributed by atoms with Gasteiger partial charge in [0.2, 0.25) is 5.91 Å². The van der Waals surface area contributed by atoms with Crippen molar-refractivity contribution in [2.75, 3.05) is 0 Å². The predicted molar refractivity (Wildman–Crippen MR) is 83.5 cm³/mol. The average molecular weight is 296 g/mol. The van der Waals surface area contributed by atoms with Crippen LogP contribution in [0.4, 0.5) is 0 Å². The van der Waals surface area contributed by atoms with Gasteiger partial charge in [0.15, 0.2) is 0 Å². The Morgan fingerprint density at radius 1 is 1.23 bits per heavy atom. The third kappa shape index (κ3) is 2.93. The number of nitrogens with one attached hydrogen (secondary N) is 1. The third-order valence-electron chi connectivity index (χ3n) is 3.46. The van der Waals surface area contributed by atoms with Crippen molar-refractivity contribution in [3.05, 3.63) is 70.8 Å². The quantitative estimate of drug-likeness (QED) is 0.804. The first kappa shape index (κ1) is 14.1. The third-order valence-corrected chi connectivity index (χ3v) is 3.46. The molecular weight excluding hydrogens is 280 g/mol. The number of pyridine rings is 1. The number of para-hydroxylation sites is 1. The van der Waals surface area contributed by atoms with Crippen LogP contribution in [0.15, 0.2) is 63.9 Å². The number of furan rings is 1. The molecule has 1 N–H and O–H groups in total. The van der Waals surface area contributed by atoms with Crippen LogP contribution >= 0.6 is 0 Å². The fourth-order valence-electron chi connectivity index (χ4n) is 2.32. The standard InChI is InChI=1S/C17H16N2O3/c1-12(15-10-13-6-2-3-7-14(13)22-15)18-16(20)11-19-9-5-4-8-17(19)21/h2-10,12H,11H2,1H3,(H,18,20)/t12-/m1/s1. The van der Waals surface area contributed by atoms with Crippen LogP contribution in [-0.2, 0) is 11.3 Å². The first-order valence-electron chi connectivity index (χ1n) is 7.07. The molecule has 5 heteroatoms. The van der Waals surface area contributed by atoms with Crippen LogP contribution in [0, 0.1) is 0 Å². The highest BCUT2D eigenvalue weighted by molar-refractivity contribution is 5.79. The molecule has 5 nitrogen and oxygen atoms in total. The molecule has 2 aromatic heterocycles. The van der Waals surface area contributed by atoms with E-state index in [1.54, 1.807) is 18.3 Å². The van der Waals surface area contributed by atoms with Crippen molar-refractivity contribution in [3.63, 3.8) is 0 Å². The lowest BCUT2D eigenvalue weighted by molar-refractivity contribution is -0.122. The van der Waals surface area contributed by atoms with E-state index in [0.29, 0.717) is 5.76 Å². The van der Waals surface area contributed by atoms with Crippen LogP contribution in [0.25, 0.3) is 11.0 Å². The molecule has 0 saturated carbocycles. The number of benzene rings is 1. The number of fused-ring (bicyclic) bond motifs is 1. The second-order valence-corrected chi connectivity index (χ2v) is 5.14. The van der Waals surface area contributed by atoms with Gasteiger partial charge in [-0.3, -0.25) is 9.59 Å². The Labute approximate surface area is 127 Å². The van der Waals surface area contributed by atoms with E-state index in [1.807, 2.05) is 37.3 Å². The Hall–Kier alpha value is -2.82. The van der Waals surface area contributed by atoms with Crippen molar-refractivity contribution < 1.29 is 9.21 Å². The number of amides is 1. The fraction of sp³-hybridized carbons (Fsp3) is 0.176. The highest BCUT2D eigenvalue weighted by Crippen LogP contribution is 2.23. The number of carbonyl (C=O) groups excluding carboxylic acids is 1. The molecule has 0 aliphatic heterocycles. The normalized spacial score (nSPS) is 12.2. The molecule has 2 heterocycles. The number of nitrogens with zero attached hydrogens (tertiary/aromatic N) is 1. The minimum atomic E-state index is -0.265. The van der Waals surface area contributed by atoms with Crippen molar-refractivity contribution in [3.8, 4) is 0 Å². The first-order chi connectivity index (χ1) is 10.6. The van der Waals surface area contributed by atoms with E-state index >= 15 is 0 Å². The summed E-state index contributed by atoms with van der Waals surface area (Å²) in [5, 5.41) is 3.84. The predicted octanol–water partition coefficient (Wildman–Crippen LogP) is 2.47. The molecule has 1 amide bonds. The lowest BCUT2D eigenvalue weighted by Crippen LogP contribution is -2.33. The van der Waals surface area contributed by atoms with Crippen LogP contribution in [0.2, 0.25) is 0 Å². The minimum Gasteiger partial charge on any atom is -0.459 e. The molecule has 0 fully saturated rings. The second-order valence-electron chi connectivity index (χ2n) is 5.14. The fourth-order valence-corrected chi connectivity index (χ4v) is 2.32. The zero-order chi connectivity index (χ0) is 15.5. The van der Waals surface area contributed by atoms with E-state index in [0.717, 1.165) is 11.0 Å². The summed E-state index contributed by atoms with van der Waals surface area (Å²) in [4.78, 5) is 23.6. The Kier molecular flexibility index (Phi) is 3.78. The van der Waals surface area contributed by atoms with Crippen LogP contribution in [0.5, 0.6) is 0 Å². The molecule has 0 radical (unpaired) electrons. The van der Waals surface area contributed by atoms with Crippen molar-refractivity contribution in [1.82, 2.24) is 9.88 Å². The average Bonchev–Trinajstić information content (AvgIpc) is 2.93. The highest BCUT2D eigenvalue weighted by Gasteiger charge is 2.14. The molecule has 0 unspecified atom stereocenters. The van der Waals surface area contributed by atoms with E-state index in [-0.39, 0.29) is 24.1 Å². The molecule has 1 aromatic carbocycles. The van der Waals surface area contributed by atoms with Gasteiger partial charge in [-0.25, -0.2) is 0 Å². The van der Waals surface area contributed by atoms with Gasteiger partial charge in [0, 0.05) is 17.6 Å². The topological polar surface area (TPSA) is 64.2 Å². The van der Waals surface area contributed by atoms with Crippen molar-refractivity contribution >= 4 is 16.9 Å². The van der Waals surface area contributed by atoms with Crippen molar-refractivity contribution in [2.24, 2.45) is 0 Å². The maximum Gasteiger partial charge on any atom is 0.250 e. The van der Waals surface area contributed by atoms with Crippen molar-refractivity contribution in [1.29, 1.82) is 0 Å². The summed E-state index contributed by atoms with van der Waals surface area (Å²) in [7, 11) is 0. The van der Waals surface area contributed by atoms with Gasteiger partial charge >= 0.3 is 0 Å². The highest BCUT2D eigenvalue weighted by atomic mass is 16.3. The summed E-state index contributed by atoms with van der Waals surface area (Å²) in [5.74, 6) is 0.455. The molecular formula is C17H16N2O3. The molecule has 0 saturated heterocycles. The summed E-state index contributed by atoms with van der Waals surface area (Å²) in [6.07, 6.45) is 1.59. The zero-order valence-electron chi connectivity index (χ0n) is 12.2. The number of rotatable bonds is 4. The molecule has 0 spiro atoms. The van der Waals surface area contributed by atoms with Crippen LogP contribution in [0.1, 0.15) is 18.7 Å². The van der Waals surface area contributed by atoms with Gasteiger partial charge in [-0.1, -0.05) is 24.3 Å². The van der Waals surface area contributed by atoms with E-state index < -0.39 is 0 Å². The van der Waals surface area contributed by atoms with E-state index in [9.17, 15) is 9.59 Å². The van der Waals surface area contributed by atoms with Gasteiger partial charge in [0.25, 0.3) is 5.56 Å². The largest absolute Gasteiger partial charge is 0.459 e. The first-order valence-corrected chi connectivity index (χ1v) is 7.07. The second kappa shape index (κ2) is 5.89. The Bertz CT molecular complexity index is 830. The summed E-state index contributed by atoms with van der Waals surface area (Å²) >= 11 is 0. The van der Waals surface area contributed by atoms with E-state index in [1.165, 1.54) is 10.6 Å². The minimum absolute atomic E-state index is 0.00968. The zero-order valence-corrected chi connectivity index (χ0v) is 12.2. The number of hydrogen-bond acceptors (Lipinski definition) is 3. The molecule has 22 heavy (non-hydrogen) atoms. The lowest BCUT2D eigenvalue weighted by Gasteiger charge is -2.12. The van der Waals surface area contributed by atoms with Gasteiger partial charge in [-0.15, -0.1) is 0 Å². The summed E-state index contributed by atoms with van der Waals surface area (Å²) in [6.45, 7) is 1.84. The maximum absolute atomic E-state index is 12.1. The van der Waals surface area contributed by atoms with Gasteiger partial charge in [-0.05, 0) is 25.1 Å². The van der Waals surface area contributed by atoms with E-state index in [2.05, 4.69) is 5.32 Å². The molecule has 3 aromatic rings. The number of hydrogen-bond donors (Lipinski definition) is 1. The van der Waals surface area contributed by atoms with Crippen LogP contribution in [-0.4, -0.2) is 10.5 Å². The molecule has 0 aliphatic carbocycles. The van der Waals surface area contributed by atoms with Crippen LogP contribution in [0.3, 0.4) is 0 Å². The number of aromatic nitrogens is 1. The lowest BCUT2D eigenvalue weighted by atomic mass is 10.2. The summed E-state index contributed by atoms with van der Waals surface area (Å²) < 4.78 is 7.08. The van der Waals surface area contributed by atoms with Crippen molar-refractivity contribution in [2.45, 2.75) is 19.5 Å². The Balaban J connectivity index is 1.71. The monoisotopic (exact) mass is 296 g/mol. The molecule has 3 rings (SSSR count). The Morgan fingerprint density at radius 3 is 2.77 bits per heavy atom. The summed E-state index contributed by atoms with van der Waals surface area (Å²) in [5.41, 5.74) is 0.590. The molecule has 112 valence electrons. The molecule has 0 aliphatic rings. The van der Waals surface area contributed by atoms with Gasteiger partial charge < -0.3 is 14.3 Å². The maximum atomic E-state index is 12.1. The van der Waals surface area contributed by atoms with Gasteiger partial charge in [-0.2, -0.15) is 0 Å². The SMILES string of the molecule is C[C@@H](NC(=O)Cn1ccccc1=O)c1cc2ccccc2o1. The van der Waals surface area contributed by atoms with Crippen LogP contribution < -0.4 is 10.9 Å². The Morgan fingerprint density at radius 2 is 2.00 bits per heavy atom. The van der Waals surface area contributed by atoms with E-state index in [4.69, 9.17) is 4.42 Å². The molecule has 1 atom stereocenters. The van der Waals surface area contributed by atoms with Gasteiger partial charge in [0.05, 0.1) is 6.04 Å². The smallest absolute Gasteiger partial charge is 0.250 e.